The zero-order valence-electron chi connectivity index (χ0n) is 12.5. The number of hydrogen-bond acceptors (Lipinski definition) is 6. The van der Waals surface area contributed by atoms with Crippen molar-refractivity contribution >= 4 is 17.5 Å². The van der Waals surface area contributed by atoms with Crippen molar-refractivity contribution < 1.29 is 9.32 Å². The average molecular weight is 309 g/mol. The number of nitrogens with one attached hydrogen (secondary N) is 2. The van der Waals surface area contributed by atoms with E-state index in [-0.39, 0.29) is 11.6 Å². The molecule has 0 atom stereocenters. The van der Waals surface area contributed by atoms with Crippen molar-refractivity contribution in [3.63, 3.8) is 0 Å². The van der Waals surface area contributed by atoms with Crippen molar-refractivity contribution in [2.75, 3.05) is 10.6 Å². The van der Waals surface area contributed by atoms with E-state index >= 15 is 0 Å². The molecule has 2 heterocycles. The Morgan fingerprint density at radius 2 is 1.91 bits per heavy atom. The molecule has 0 fully saturated rings. The zero-order valence-corrected chi connectivity index (χ0v) is 12.5. The summed E-state index contributed by atoms with van der Waals surface area (Å²) in [6.45, 7) is 2.38. The molecule has 2 N–H and O–H groups in total. The number of benzene rings is 1. The summed E-state index contributed by atoms with van der Waals surface area (Å²) >= 11 is 0. The Morgan fingerprint density at radius 3 is 2.57 bits per heavy atom. The summed E-state index contributed by atoms with van der Waals surface area (Å²) < 4.78 is 4.88. The van der Waals surface area contributed by atoms with Crippen molar-refractivity contribution in [2.24, 2.45) is 0 Å². The van der Waals surface area contributed by atoms with Crippen LogP contribution in [0.1, 0.15) is 21.8 Å². The highest BCUT2D eigenvalue weighted by molar-refractivity contribution is 6.02. The van der Waals surface area contributed by atoms with E-state index in [0.717, 1.165) is 5.56 Å². The molecule has 7 nitrogen and oxygen atoms in total. The summed E-state index contributed by atoms with van der Waals surface area (Å²) in [5, 5.41) is 17.3. The van der Waals surface area contributed by atoms with Gasteiger partial charge in [0.2, 0.25) is 0 Å². The topological polar surface area (TPSA) is 92.9 Å². The first kappa shape index (κ1) is 14.7. The lowest BCUT2D eigenvalue weighted by Gasteiger charge is -2.05. The van der Waals surface area contributed by atoms with Gasteiger partial charge >= 0.3 is 0 Å². The van der Waals surface area contributed by atoms with Crippen molar-refractivity contribution in [3.05, 3.63) is 65.5 Å². The molecule has 2 aromatic heterocycles. The molecule has 0 unspecified atom stereocenters. The second kappa shape index (κ2) is 6.69. The Hall–Kier alpha value is -3.22. The molecule has 3 aromatic rings. The minimum atomic E-state index is -0.389. The summed E-state index contributed by atoms with van der Waals surface area (Å²) in [6, 6.07) is 14.9. The van der Waals surface area contributed by atoms with Crippen LogP contribution >= 0.6 is 0 Å². The third kappa shape index (κ3) is 3.91. The average Bonchev–Trinajstić information content (AvgIpc) is 2.99. The number of carbonyl (C=O) groups excluding carboxylic acids is 1. The van der Waals surface area contributed by atoms with Crippen LogP contribution in [-0.2, 0) is 6.54 Å². The molecule has 0 spiro atoms. The van der Waals surface area contributed by atoms with Crippen LogP contribution in [0, 0.1) is 6.92 Å². The largest absolute Gasteiger partial charge is 0.365 e. The lowest BCUT2D eigenvalue weighted by molar-refractivity contribution is 0.102. The molecule has 23 heavy (non-hydrogen) atoms. The maximum Gasteiger partial charge on any atom is 0.277 e. The second-order valence-electron chi connectivity index (χ2n) is 4.92. The molecule has 0 aliphatic rings. The molecule has 1 amide bonds. The van der Waals surface area contributed by atoms with Crippen LogP contribution in [-0.4, -0.2) is 21.3 Å². The monoisotopic (exact) mass is 309 g/mol. The highest BCUT2D eigenvalue weighted by Crippen LogP contribution is 2.10. The van der Waals surface area contributed by atoms with Gasteiger partial charge in [-0.15, -0.1) is 10.2 Å². The van der Waals surface area contributed by atoms with E-state index in [0.29, 0.717) is 23.9 Å². The van der Waals surface area contributed by atoms with Gasteiger partial charge in [-0.3, -0.25) is 4.79 Å². The van der Waals surface area contributed by atoms with E-state index in [1.807, 2.05) is 30.3 Å². The first-order valence-electron chi connectivity index (χ1n) is 7.07. The van der Waals surface area contributed by atoms with Crippen molar-refractivity contribution in [2.45, 2.75) is 13.5 Å². The molecule has 7 heteroatoms. The number of rotatable bonds is 5. The second-order valence-corrected chi connectivity index (χ2v) is 4.92. The maximum absolute atomic E-state index is 12.0. The molecule has 0 radical (unpaired) electrons. The van der Waals surface area contributed by atoms with Gasteiger partial charge in [0.15, 0.2) is 11.5 Å². The highest BCUT2D eigenvalue weighted by atomic mass is 16.5. The van der Waals surface area contributed by atoms with E-state index in [2.05, 4.69) is 26.0 Å². The van der Waals surface area contributed by atoms with Gasteiger partial charge in [-0.2, -0.15) is 0 Å². The summed E-state index contributed by atoms with van der Waals surface area (Å²) in [5.41, 5.74) is 1.34. The van der Waals surface area contributed by atoms with Crippen LogP contribution in [0.25, 0.3) is 0 Å². The van der Waals surface area contributed by atoms with Gasteiger partial charge in [-0.25, -0.2) is 0 Å². The summed E-state index contributed by atoms with van der Waals surface area (Å²) in [5.74, 6) is 1.18. The number of aromatic nitrogens is 3. The predicted molar refractivity (Wildman–Crippen MR) is 85.0 cm³/mol. The van der Waals surface area contributed by atoms with Gasteiger partial charge in [0.25, 0.3) is 5.91 Å². The number of hydrogen-bond donors (Lipinski definition) is 2. The van der Waals surface area contributed by atoms with Crippen molar-refractivity contribution in [1.29, 1.82) is 0 Å². The van der Waals surface area contributed by atoms with Gasteiger partial charge in [0.1, 0.15) is 11.6 Å². The smallest absolute Gasteiger partial charge is 0.277 e. The summed E-state index contributed by atoms with van der Waals surface area (Å²) in [6.07, 6.45) is 0. The molecule has 0 saturated carbocycles. The standard InChI is InChI=1S/C16H15N5O2/c1-11-9-15(21-23-11)18-16(22)13-7-8-14(20-19-13)17-10-12-5-3-2-4-6-12/h2-9H,10H2,1H3,(H,17,20)(H,18,21,22). The zero-order chi connectivity index (χ0) is 16.1. The molecular weight excluding hydrogens is 294 g/mol. The fourth-order valence-corrected chi connectivity index (χ4v) is 1.94. The number of carbonyl (C=O) groups is 1. The van der Waals surface area contributed by atoms with E-state index in [4.69, 9.17) is 4.52 Å². The van der Waals surface area contributed by atoms with Gasteiger partial charge in [0, 0.05) is 12.6 Å². The maximum atomic E-state index is 12.0. The minimum absolute atomic E-state index is 0.205. The first-order valence-corrected chi connectivity index (χ1v) is 7.07. The van der Waals surface area contributed by atoms with Crippen molar-refractivity contribution in [1.82, 2.24) is 15.4 Å². The predicted octanol–water partition coefficient (Wildman–Crippen LogP) is 2.64. The van der Waals surface area contributed by atoms with Crippen LogP contribution < -0.4 is 10.6 Å². The van der Waals surface area contributed by atoms with Crippen molar-refractivity contribution in [3.8, 4) is 0 Å². The summed E-state index contributed by atoms with van der Waals surface area (Å²) in [4.78, 5) is 12.0. The Bertz CT molecular complexity index is 784. The number of aryl methyl sites for hydroxylation is 1. The Kier molecular flexibility index (Phi) is 4.28. The molecule has 3 rings (SSSR count). The van der Waals surface area contributed by atoms with Crippen LogP contribution in [0.5, 0.6) is 0 Å². The molecule has 0 aliphatic carbocycles. The normalized spacial score (nSPS) is 10.3. The molecule has 0 aliphatic heterocycles. The fraction of sp³-hybridized carbons (Fsp3) is 0.125. The Balaban J connectivity index is 1.59. The highest BCUT2D eigenvalue weighted by Gasteiger charge is 2.11. The van der Waals surface area contributed by atoms with Gasteiger partial charge < -0.3 is 15.2 Å². The van der Waals surface area contributed by atoms with E-state index in [1.165, 1.54) is 0 Å². The van der Waals surface area contributed by atoms with E-state index in [1.54, 1.807) is 25.1 Å². The third-order valence-electron chi connectivity index (χ3n) is 3.08. The van der Waals surface area contributed by atoms with Crippen LogP contribution in [0.15, 0.2) is 53.1 Å². The fourth-order valence-electron chi connectivity index (χ4n) is 1.94. The quantitative estimate of drug-likeness (QED) is 0.752. The van der Waals surface area contributed by atoms with Crippen LogP contribution in [0.2, 0.25) is 0 Å². The van der Waals surface area contributed by atoms with Gasteiger partial charge in [0.05, 0.1) is 0 Å². The molecule has 0 bridgehead atoms. The minimum Gasteiger partial charge on any atom is -0.365 e. The van der Waals surface area contributed by atoms with E-state index in [9.17, 15) is 4.79 Å². The molecule has 116 valence electrons. The number of nitrogens with zero attached hydrogens (tertiary/aromatic N) is 3. The van der Waals surface area contributed by atoms with E-state index < -0.39 is 0 Å². The Labute approximate surface area is 132 Å². The molecular formula is C16H15N5O2. The third-order valence-corrected chi connectivity index (χ3v) is 3.08. The first-order chi connectivity index (χ1) is 11.2. The SMILES string of the molecule is Cc1cc(NC(=O)c2ccc(NCc3ccccc3)nn2)no1. The van der Waals surface area contributed by atoms with Crippen LogP contribution in [0.3, 0.4) is 0 Å². The summed E-state index contributed by atoms with van der Waals surface area (Å²) in [7, 11) is 0. The van der Waals surface area contributed by atoms with Gasteiger partial charge in [-0.1, -0.05) is 35.5 Å². The molecule has 1 aromatic carbocycles. The van der Waals surface area contributed by atoms with Gasteiger partial charge in [-0.05, 0) is 24.6 Å². The van der Waals surface area contributed by atoms with Crippen LogP contribution in [0.4, 0.5) is 11.6 Å². The Morgan fingerprint density at radius 1 is 1.09 bits per heavy atom. The lowest BCUT2D eigenvalue weighted by Crippen LogP contribution is -2.15. The lowest BCUT2D eigenvalue weighted by atomic mass is 10.2. The molecule has 0 saturated heterocycles. The number of anilines is 2. The number of amides is 1.